The van der Waals surface area contributed by atoms with Crippen LogP contribution in [0.4, 0.5) is 0 Å². The van der Waals surface area contributed by atoms with E-state index in [9.17, 15) is 54.6 Å². The Bertz CT molecular complexity index is 1650. The van der Waals surface area contributed by atoms with Crippen LogP contribution in [0.2, 0.25) is 0 Å². The van der Waals surface area contributed by atoms with E-state index >= 15 is 0 Å². The van der Waals surface area contributed by atoms with E-state index in [0.717, 1.165) is 0 Å². The summed E-state index contributed by atoms with van der Waals surface area (Å²) in [6.45, 7) is 5.14. The van der Waals surface area contributed by atoms with Crippen molar-refractivity contribution < 1.29 is 54.6 Å². The van der Waals surface area contributed by atoms with Crippen molar-refractivity contribution in [3.8, 4) is 34.5 Å². The zero-order chi connectivity index (χ0) is 40.1. The van der Waals surface area contributed by atoms with Gasteiger partial charge in [0.05, 0.1) is 23.4 Å². The van der Waals surface area contributed by atoms with Crippen molar-refractivity contribution in [1.82, 2.24) is 26.6 Å². The van der Waals surface area contributed by atoms with Crippen LogP contribution in [0.25, 0.3) is 0 Å². The third-order valence-corrected chi connectivity index (χ3v) is 8.79. The third kappa shape index (κ3) is 11.4. The Morgan fingerprint density at radius 1 is 0.481 bits per heavy atom. The number of nitrogens with one attached hydrogen (secondary N) is 5. The van der Waals surface area contributed by atoms with Crippen LogP contribution >= 0.6 is 0 Å². The highest BCUT2D eigenvalue weighted by Crippen LogP contribution is 2.36. The van der Waals surface area contributed by atoms with Gasteiger partial charge in [-0.15, -0.1) is 0 Å². The van der Waals surface area contributed by atoms with Crippen molar-refractivity contribution in [2.24, 2.45) is 10.8 Å². The lowest BCUT2D eigenvalue weighted by Crippen LogP contribution is -2.48. The van der Waals surface area contributed by atoms with E-state index < -0.39 is 69.0 Å². The van der Waals surface area contributed by atoms with Crippen LogP contribution in [0.1, 0.15) is 90.4 Å². The Labute approximate surface area is 312 Å². The van der Waals surface area contributed by atoms with Crippen LogP contribution in [-0.2, 0) is 9.59 Å². The third-order valence-electron chi connectivity index (χ3n) is 8.79. The number of benzene rings is 3. The van der Waals surface area contributed by atoms with E-state index in [1.807, 2.05) is 0 Å². The molecular formula is C38H49N5O11. The van der Waals surface area contributed by atoms with Gasteiger partial charge in [0.25, 0.3) is 17.7 Å². The molecule has 3 aromatic carbocycles. The average Bonchev–Trinajstić information content (AvgIpc) is 3.12. The molecular weight excluding hydrogens is 702 g/mol. The summed E-state index contributed by atoms with van der Waals surface area (Å²) in [5.74, 6) is -5.84. The van der Waals surface area contributed by atoms with Crippen molar-refractivity contribution in [3.05, 3.63) is 71.3 Å². The molecule has 0 atom stereocenters. The first-order valence-corrected chi connectivity index (χ1v) is 17.4. The second-order valence-corrected chi connectivity index (χ2v) is 13.8. The number of aromatic hydroxyl groups is 6. The number of hydrogen-bond acceptors (Lipinski definition) is 11. The number of carbonyl (C=O) groups excluding carboxylic acids is 5. The Balaban J connectivity index is 1.80. The second-order valence-electron chi connectivity index (χ2n) is 13.8. The molecule has 292 valence electrons. The summed E-state index contributed by atoms with van der Waals surface area (Å²) in [5, 5.41) is 73.2. The summed E-state index contributed by atoms with van der Waals surface area (Å²) in [6.07, 6.45) is 1.29. The molecule has 16 heteroatoms. The molecule has 0 radical (unpaired) electrons. The minimum Gasteiger partial charge on any atom is -0.504 e. The molecule has 0 aromatic heterocycles. The lowest BCUT2D eigenvalue weighted by Gasteiger charge is -2.33. The molecule has 3 aromatic rings. The van der Waals surface area contributed by atoms with Crippen LogP contribution in [0, 0.1) is 10.8 Å². The molecule has 0 fully saturated rings. The first kappa shape index (κ1) is 42.2. The molecule has 5 amide bonds. The molecule has 0 saturated carbocycles. The first-order valence-electron chi connectivity index (χ1n) is 17.4. The van der Waals surface area contributed by atoms with E-state index in [0.29, 0.717) is 0 Å². The van der Waals surface area contributed by atoms with Crippen molar-refractivity contribution >= 4 is 29.5 Å². The quantitative estimate of drug-likeness (QED) is 0.0511. The smallest absolute Gasteiger partial charge is 0.255 e. The molecule has 0 spiro atoms. The van der Waals surface area contributed by atoms with Gasteiger partial charge >= 0.3 is 0 Å². The summed E-state index contributed by atoms with van der Waals surface area (Å²) < 4.78 is 0. The fourth-order valence-electron chi connectivity index (χ4n) is 5.69. The Morgan fingerprint density at radius 3 is 1.11 bits per heavy atom. The molecule has 0 bridgehead atoms. The van der Waals surface area contributed by atoms with Gasteiger partial charge in [-0.1, -0.05) is 39.0 Å². The number of hydrogen-bond donors (Lipinski definition) is 11. The summed E-state index contributed by atoms with van der Waals surface area (Å²) >= 11 is 0. The zero-order valence-corrected chi connectivity index (χ0v) is 30.5. The van der Waals surface area contributed by atoms with Crippen molar-refractivity contribution in [1.29, 1.82) is 0 Å². The Hall–Kier alpha value is -6.19. The summed E-state index contributed by atoms with van der Waals surface area (Å²) in [7, 11) is 0. The van der Waals surface area contributed by atoms with E-state index in [1.165, 1.54) is 54.6 Å². The van der Waals surface area contributed by atoms with Crippen molar-refractivity contribution in [3.63, 3.8) is 0 Å². The minimum absolute atomic E-state index is 0.0603. The maximum Gasteiger partial charge on any atom is 0.255 e. The summed E-state index contributed by atoms with van der Waals surface area (Å²) in [4.78, 5) is 65.0. The van der Waals surface area contributed by atoms with Crippen LogP contribution < -0.4 is 26.6 Å². The first-order chi connectivity index (χ1) is 25.5. The normalized spacial score (nSPS) is 11.3. The Morgan fingerprint density at radius 2 is 0.796 bits per heavy atom. The Kier molecular flexibility index (Phi) is 14.9. The number of phenolic OH excluding ortho intramolecular Hbond substituents is 6. The molecule has 11 N–H and O–H groups in total. The topological polar surface area (TPSA) is 267 Å². The molecule has 3 rings (SSSR count). The second kappa shape index (κ2) is 19.0. The fraction of sp³-hybridized carbons (Fsp3) is 0.395. The van der Waals surface area contributed by atoms with Gasteiger partial charge in [0.1, 0.15) is 0 Å². The number of phenols is 6. The maximum absolute atomic E-state index is 14.1. The van der Waals surface area contributed by atoms with Gasteiger partial charge in [0.15, 0.2) is 34.5 Å². The van der Waals surface area contributed by atoms with E-state index in [-0.39, 0.29) is 87.4 Å². The molecule has 54 heavy (non-hydrogen) atoms. The van der Waals surface area contributed by atoms with Crippen LogP contribution in [0.15, 0.2) is 54.6 Å². The van der Waals surface area contributed by atoms with Gasteiger partial charge in [-0.05, 0) is 74.9 Å². The van der Waals surface area contributed by atoms with Crippen molar-refractivity contribution in [2.75, 3.05) is 26.3 Å². The highest BCUT2D eigenvalue weighted by molar-refractivity contribution is 5.98. The predicted molar refractivity (Wildman–Crippen MR) is 197 cm³/mol. The van der Waals surface area contributed by atoms with Crippen LogP contribution in [-0.4, -0.2) is 86.5 Å². The maximum atomic E-state index is 14.1. The van der Waals surface area contributed by atoms with Gasteiger partial charge < -0.3 is 57.2 Å². The molecule has 16 nitrogen and oxygen atoms in total. The van der Waals surface area contributed by atoms with Gasteiger partial charge in [-0.2, -0.15) is 0 Å². The fourth-order valence-corrected chi connectivity index (χ4v) is 5.69. The van der Waals surface area contributed by atoms with Gasteiger partial charge in [0, 0.05) is 30.5 Å². The van der Waals surface area contributed by atoms with E-state index in [4.69, 9.17) is 0 Å². The number of amides is 5. The zero-order valence-electron chi connectivity index (χ0n) is 30.5. The van der Waals surface area contributed by atoms with Gasteiger partial charge in [-0.25, -0.2) is 0 Å². The standard InChI is InChI=1S/C38H49N5O11/c1-37(2,3)35(53)42-22-43-36(54)38(16-7-19-39-32(50)23-10-4-13-26(44)29(23)47,17-8-20-40-33(51)24-11-5-14-27(45)30(24)48)18-9-21-41-34(52)25-12-6-15-28(46)31(25)49/h4-6,10-15,44-49H,7-9,16-22H2,1-3H3,(H,39,50)(H,40,51)(H,41,52)(H,42,53)(H,43,54). The molecule has 0 aliphatic rings. The number of rotatable bonds is 18. The van der Waals surface area contributed by atoms with E-state index in [2.05, 4.69) is 26.6 Å². The lowest BCUT2D eigenvalue weighted by atomic mass is 9.74. The SMILES string of the molecule is CC(C)(C)C(=O)NCNC(=O)C(CCCNC(=O)c1cccc(O)c1O)(CCCNC(=O)c1cccc(O)c1O)CCCNC(=O)c1cccc(O)c1O. The molecule has 0 aliphatic heterocycles. The van der Waals surface area contributed by atoms with Gasteiger partial charge in [0.2, 0.25) is 11.8 Å². The highest BCUT2D eigenvalue weighted by Gasteiger charge is 2.37. The molecule has 0 unspecified atom stereocenters. The van der Waals surface area contributed by atoms with Gasteiger partial charge in [-0.3, -0.25) is 24.0 Å². The largest absolute Gasteiger partial charge is 0.504 e. The summed E-state index contributed by atoms with van der Waals surface area (Å²) in [6, 6.07) is 11.9. The number of para-hydroxylation sites is 3. The number of carbonyl (C=O) groups is 5. The molecule has 0 saturated heterocycles. The van der Waals surface area contributed by atoms with Crippen molar-refractivity contribution in [2.45, 2.75) is 59.3 Å². The monoisotopic (exact) mass is 751 g/mol. The molecule has 0 heterocycles. The lowest BCUT2D eigenvalue weighted by molar-refractivity contribution is -0.133. The highest BCUT2D eigenvalue weighted by atomic mass is 16.3. The van der Waals surface area contributed by atoms with E-state index in [1.54, 1.807) is 20.8 Å². The summed E-state index contributed by atoms with van der Waals surface area (Å²) in [5.41, 5.74) is -2.34. The molecule has 0 aliphatic carbocycles. The minimum atomic E-state index is -1.18. The van der Waals surface area contributed by atoms with Crippen LogP contribution in [0.5, 0.6) is 34.5 Å². The van der Waals surface area contributed by atoms with Crippen LogP contribution in [0.3, 0.4) is 0 Å². The average molecular weight is 752 g/mol. The predicted octanol–water partition coefficient (Wildman–Crippen LogP) is 3.07.